The van der Waals surface area contributed by atoms with Crippen molar-refractivity contribution < 1.29 is 9.59 Å². The lowest BCUT2D eigenvalue weighted by Gasteiger charge is -2.33. The fourth-order valence-electron chi connectivity index (χ4n) is 2.71. The highest BCUT2D eigenvalue weighted by Gasteiger charge is 2.28. The van der Waals surface area contributed by atoms with Crippen molar-refractivity contribution in [2.75, 3.05) is 13.1 Å². The van der Waals surface area contributed by atoms with Gasteiger partial charge in [0.1, 0.15) is 6.04 Å². The second kappa shape index (κ2) is 6.07. The van der Waals surface area contributed by atoms with Crippen molar-refractivity contribution in [3.05, 3.63) is 17.5 Å². The van der Waals surface area contributed by atoms with Crippen molar-refractivity contribution in [2.45, 2.75) is 45.6 Å². The smallest absolute Gasteiger partial charge is 0.244 e. The van der Waals surface area contributed by atoms with Gasteiger partial charge in [-0.2, -0.15) is 5.10 Å². The van der Waals surface area contributed by atoms with Crippen molar-refractivity contribution in [1.29, 1.82) is 0 Å². The third kappa shape index (κ3) is 3.37. The molecule has 2 amide bonds. The summed E-state index contributed by atoms with van der Waals surface area (Å²) in [7, 11) is 0. The van der Waals surface area contributed by atoms with Gasteiger partial charge >= 0.3 is 0 Å². The molecule has 0 unspecified atom stereocenters. The molecule has 0 bridgehead atoms. The Kier molecular flexibility index (Phi) is 4.42. The molecule has 1 fully saturated rings. The highest BCUT2D eigenvalue weighted by molar-refractivity contribution is 5.86. The van der Waals surface area contributed by atoms with Gasteiger partial charge in [0.15, 0.2) is 0 Å². The number of amides is 2. The van der Waals surface area contributed by atoms with Gasteiger partial charge in [0.2, 0.25) is 11.8 Å². The molecule has 0 saturated carbocycles. The summed E-state index contributed by atoms with van der Waals surface area (Å²) in [5.41, 5.74) is 2.06. The normalized spacial score (nSPS) is 20.6. The summed E-state index contributed by atoms with van der Waals surface area (Å²) in [5.74, 6) is 0.0849. The quantitative estimate of drug-likeness (QED) is 0.864. The van der Waals surface area contributed by atoms with Crippen molar-refractivity contribution in [3.63, 3.8) is 0 Å². The number of hydrogen-bond donors (Lipinski definition) is 2. The largest absolute Gasteiger partial charge is 0.345 e. The molecule has 0 spiro atoms. The summed E-state index contributed by atoms with van der Waals surface area (Å²) in [4.78, 5) is 25.2. The molecular weight excluding hydrogens is 256 g/mol. The number of rotatable bonds is 3. The maximum Gasteiger partial charge on any atom is 0.244 e. The van der Waals surface area contributed by atoms with E-state index in [9.17, 15) is 9.59 Å². The molecule has 20 heavy (non-hydrogen) atoms. The summed E-state index contributed by atoms with van der Waals surface area (Å²) in [6, 6.07) is 1.57. The third-order valence-electron chi connectivity index (χ3n) is 3.67. The SMILES string of the molecule is CC(=O)N[C@@H](C)C(=O)N1CCC[C@H](c2cc(C)[nH]n2)C1. The number of aryl methyl sites for hydroxylation is 1. The highest BCUT2D eigenvalue weighted by atomic mass is 16.2. The van der Waals surface area contributed by atoms with Gasteiger partial charge in [-0.1, -0.05) is 0 Å². The predicted octanol–water partition coefficient (Wildman–Crippen LogP) is 0.949. The summed E-state index contributed by atoms with van der Waals surface area (Å²) in [5, 5.41) is 9.89. The van der Waals surface area contributed by atoms with Crippen LogP contribution in [0.2, 0.25) is 0 Å². The fraction of sp³-hybridized carbons (Fsp3) is 0.643. The first-order valence-electron chi connectivity index (χ1n) is 7.05. The van der Waals surface area contributed by atoms with Crippen LogP contribution in [0.15, 0.2) is 6.07 Å². The number of aromatic amines is 1. The van der Waals surface area contributed by atoms with Crippen LogP contribution >= 0.6 is 0 Å². The lowest BCUT2D eigenvalue weighted by molar-refractivity contribution is -0.136. The molecule has 2 N–H and O–H groups in total. The van der Waals surface area contributed by atoms with Crippen LogP contribution in [0.4, 0.5) is 0 Å². The Morgan fingerprint density at radius 1 is 1.55 bits per heavy atom. The number of carbonyl (C=O) groups is 2. The van der Waals surface area contributed by atoms with E-state index in [0.29, 0.717) is 6.54 Å². The minimum Gasteiger partial charge on any atom is -0.345 e. The van der Waals surface area contributed by atoms with E-state index < -0.39 is 6.04 Å². The molecule has 0 radical (unpaired) electrons. The standard InChI is InChI=1S/C14H22N4O2/c1-9-7-13(17-16-9)12-5-4-6-18(8-12)14(20)10(2)15-11(3)19/h7,10,12H,4-6,8H2,1-3H3,(H,15,19)(H,16,17)/t10-,12-/m0/s1. The molecular formula is C14H22N4O2. The van der Waals surface area contributed by atoms with Gasteiger partial charge in [0.05, 0.1) is 5.69 Å². The number of likely N-dealkylation sites (tertiary alicyclic amines) is 1. The Morgan fingerprint density at radius 3 is 2.90 bits per heavy atom. The van der Waals surface area contributed by atoms with E-state index in [0.717, 1.165) is 30.8 Å². The van der Waals surface area contributed by atoms with E-state index in [-0.39, 0.29) is 17.7 Å². The lowest BCUT2D eigenvalue weighted by Crippen LogP contribution is -2.49. The van der Waals surface area contributed by atoms with Crippen LogP contribution in [-0.2, 0) is 9.59 Å². The molecule has 0 aliphatic carbocycles. The molecule has 2 atom stereocenters. The van der Waals surface area contributed by atoms with Crippen molar-refractivity contribution in [1.82, 2.24) is 20.4 Å². The number of nitrogens with zero attached hydrogens (tertiary/aromatic N) is 2. The van der Waals surface area contributed by atoms with Gasteiger partial charge < -0.3 is 10.2 Å². The second-order valence-electron chi connectivity index (χ2n) is 5.52. The van der Waals surface area contributed by atoms with Gasteiger partial charge in [-0.3, -0.25) is 14.7 Å². The lowest BCUT2D eigenvalue weighted by atomic mass is 9.94. The van der Waals surface area contributed by atoms with Crippen LogP contribution < -0.4 is 5.32 Å². The fourth-order valence-corrected chi connectivity index (χ4v) is 2.71. The number of aromatic nitrogens is 2. The molecule has 110 valence electrons. The van der Waals surface area contributed by atoms with Crippen LogP contribution in [0.5, 0.6) is 0 Å². The van der Waals surface area contributed by atoms with E-state index in [1.165, 1.54) is 6.92 Å². The van der Waals surface area contributed by atoms with Gasteiger partial charge in [0.25, 0.3) is 0 Å². The summed E-state index contributed by atoms with van der Waals surface area (Å²) in [6.07, 6.45) is 2.01. The zero-order chi connectivity index (χ0) is 14.7. The van der Waals surface area contributed by atoms with Crippen molar-refractivity contribution >= 4 is 11.8 Å². The third-order valence-corrected chi connectivity index (χ3v) is 3.67. The van der Waals surface area contributed by atoms with Crippen LogP contribution in [0.3, 0.4) is 0 Å². The van der Waals surface area contributed by atoms with E-state index in [4.69, 9.17) is 0 Å². The zero-order valence-corrected chi connectivity index (χ0v) is 12.3. The van der Waals surface area contributed by atoms with E-state index in [1.807, 2.05) is 17.9 Å². The van der Waals surface area contributed by atoms with E-state index in [1.54, 1.807) is 6.92 Å². The molecule has 2 heterocycles. The van der Waals surface area contributed by atoms with Crippen LogP contribution in [-0.4, -0.2) is 46.0 Å². The first-order valence-corrected chi connectivity index (χ1v) is 7.05. The molecule has 1 saturated heterocycles. The Labute approximate surface area is 118 Å². The summed E-state index contributed by atoms with van der Waals surface area (Å²) in [6.45, 7) is 6.55. The van der Waals surface area contributed by atoms with Crippen molar-refractivity contribution in [3.8, 4) is 0 Å². The molecule has 6 heteroatoms. The number of H-pyrrole nitrogens is 1. The first kappa shape index (κ1) is 14.6. The Balaban J connectivity index is 1.99. The molecule has 1 aliphatic rings. The zero-order valence-electron chi connectivity index (χ0n) is 12.3. The van der Waals surface area contributed by atoms with Gasteiger partial charge in [-0.05, 0) is 32.8 Å². The molecule has 0 aromatic carbocycles. The summed E-state index contributed by atoms with van der Waals surface area (Å²) >= 11 is 0. The van der Waals surface area contributed by atoms with Gasteiger partial charge in [-0.25, -0.2) is 0 Å². The van der Waals surface area contributed by atoms with Gasteiger partial charge in [0, 0.05) is 31.6 Å². The number of piperidine rings is 1. The monoisotopic (exact) mass is 278 g/mol. The molecule has 1 aromatic rings. The van der Waals surface area contributed by atoms with Gasteiger partial charge in [-0.15, -0.1) is 0 Å². The van der Waals surface area contributed by atoms with E-state index >= 15 is 0 Å². The second-order valence-corrected chi connectivity index (χ2v) is 5.52. The number of hydrogen-bond acceptors (Lipinski definition) is 3. The Morgan fingerprint density at radius 2 is 2.30 bits per heavy atom. The topological polar surface area (TPSA) is 78.1 Å². The van der Waals surface area contributed by atoms with Crippen LogP contribution in [0.25, 0.3) is 0 Å². The molecule has 1 aromatic heterocycles. The average Bonchev–Trinajstić information content (AvgIpc) is 2.84. The molecule has 1 aliphatic heterocycles. The minimum absolute atomic E-state index is 0.0165. The Bertz CT molecular complexity index is 497. The molecule has 2 rings (SSSR count). The highest BCUT2D eigenvalue weighted by Crippen LogP contribution is 2.26. The predicted molar refractivity (Wildman–Crippen MR) is 75.2 cm³/mol. The average molecular weight is 278 g/mol. The van der Waals surface area contributed by atoms with Crippen molar-refractivity contribution in [2.24, 2.45) is 0 Å². The molecule has 6 nitrogen and oxygen atoms in total. The van der Waals surface area contributed by atoms with Crippen LogP contribution in [0.1, 0.15) is 44.0 Å². The number of carbonyl (C=O) groups excluding carboxylic acids is 2. The van der Waals surface area contributed by atoms with E-state index in [2.05, 4.69) is 15.5 Å². The minimum atomic E-state index is -0.466. The maximum atomic E-state index is 12.3. The Hall–Kier alpha value is -1.85. The first-order chi connectivity index (χ1) is 9.47. The summed E-state index contributed by atoms with van der Waals surface area (Å²) < 4.78 is 0. The number of nitrogens with one attached hydrogen (secondary N) is 2. The van der Waals surface area contributed by atoms with Crippen LogP contribution in [0, 0.1) is 6.92 Å². The maximum absolute atomic E-state index is 12.3.